The average Bonchev–Trinajstić information content (AvgIpc) is 2.18. The molecule has 0 aliphatic heterocycles. The van der Waals surface area contributed by atoms with E-state index in [0.29, 0.717) is 6.54 Å². The number of carboxylic acid groups (broad SMARTS) is 1. The van der Waals surface area contributed by atoms with Crippen LogP contribution in [0.1, 0.15) is 17.5 Å². The van der Waals surface area contributed by atoms with E-state index >= 15 is 0 Å². The third kappa shape index (κ3) is 3.03. The molecule has 0 atom stereocenters. The zero-order chi connectivity index (χ0) is 10.4. The second-order valence-corrected chi connectivity index (χ2v) is 2.90. The minimum absolute atomic E-state index is 0.0406. The van der Waals surface area contributed by atoms with Gasteiger partial charge < -0.3 is 10.8 Å². The topological polar surface area (TPSA) is 63.3 Å². The lowest BCUT2D eigenvalue weighted by atomic mass is 10.1. The lowest BCUT2D eigenvalue weighted by molar-refractivity contribution is -0.135. The number of nitrogens with two attached hydrogens (primary N) is 1. The van der Waals surface area contributed by atoms with E-state index in [1.807, 2.05) is 24.3 Å². The molecule has 3 heteroatoms. The Bertz CT molecular complexity index is 345. The maximum Gasteiger partial charge on any atom is 0.307 e. The van der Waals surface area contributed by atoms with Gasteiger partial charge in [-0.1, -0.05) is 36.4 Å². The highest BCUT2D eigenvalue weighted by molar-refractivity contribution is 5.70. The summed E-state index contributed by atoms with van der Waals surface area (Å²) in [6.07, 6.45) is 3.45. The van der Waals surface area contributed by atoms with Gasteiger partial charge >= 0.3 is 5.97 Å². The van der Waals surface area contributed by atoms with Crippen molar-refractivity contribution in [2.24, 2.45) is 5.73 Å². The summed E-state index contributed by atoms with van der Waals surface area (Å²) in [6.45, 7) is 0.466. The van der Waals surface area contributed by atoms with Gasteiger partial charge in [-0.25, -0.2) is 0 Å². The van der Waals surface area contributed by atoms with E-state index in [2.05, 4.69) is 0 Å². The Balaban J connectivity index is 2.75. The normalized spacial score (nSPS) is 10.6. The number of benzene rings is 1. The Kier molecular flexibility index (Phi) is 3.88. The van der Waals surface area contributed by atoms with Crippen LogP contribution < -0.4 is 5.73 Å². The van der Waals surface area contributed by atoms with Crippen molar-refractivity contribution in [1.82, 2.24) is 0 Å². The van der Waals surface area contributed by atoms with Crippen LogP contribution >= 0.6 is 0 Å². The molecular formula is C11H13NO2. The first-order valence-electron chi connectivity index (χ1n) is 4.40. The van der Waals surface area contributed by atoms with E-state index in [4.69, 9.17) is 10.8 Å². The van der Waals surface area contributed by atoms with Crippen molar-refractivity contribution in [1.29, 1.82) is 0 Å². The van der Waals surface area contributed by atoms with Crippen molar-refractivity contribution >= 4 is 12.0 Å². The van der Waals surface area contributed by atoms with Crippen molar-refractivity contribution in [3.63, 3.8) is 0 Å². The Labute approximate surface area is 82.9 Å². The van der Waals surface area contributed by atoms with Crippen molar-refractivity contribution in [3.05, 3.63) is 41.5 Å². The van der Waals surface area contributed by atoms with Gasteiger partial charge in [0.05, 0.1) is 6.42 Å². The van der Waals surface area contributed by atoms with Crippen LogP contribution in [0.15, 0.2) is 30.3 Å². The molecule has 0 aliphatic rings. The molecule has 0 bridgehead atoms. The third-order valence-electron chi connectivity index (χ3n) is 1.86. The molecule has 0 radical (unpaired) electrons. The average molecular weight is 191 g/mol. The second kappa shape index (κ2) is 5.19. The molecule has 74 valence electrons. The summed E-state index contributed by atoms with van der Waals surface area (Å²) in [4.78, 5) is 10.3. The van der Waals surface area contributed by atoms with Gasteiger partial charge in [-0.05, 0) is 11.1 Å². The van der Waals surface area contributed by atoms with Crippen LogP contribution in [0.5, 0.6) is 0 Å². The quantitative estimate of drug-likeness (QED) is 0.760. The monoisotopic (exact) mass is 191 g/mol. The molecule has 0 aliphatic carbocycles. The van der Waals surface area contributed by atoms with Crippen LogP contribution in [0.3, 0.4) is 0 Å². The van der Waals surface area contributed by atoms with Crippen LogP contribution in [0.4, 0.5) is 0 Å². The minimum atomic E-state index is -0.827. The van der Waals surface area contributed by atoms with Crippen LogP contribution in [0.25, 0.3) is 6.08 Å². The van der Waals surface area contributed by atoms with Crippen molar-refractivity contribution in [2.45, 2.75) is 13.0 Å². The van der Waals surface area contributed by atoms with Crippen LogP contribution in [-0.2, 0) is 11.3 Å². The number of hydrogen-bond acceptors (Lipinski definition) is 2. The zero-order valence-electron chi connectivity index (χ0n) is 7.81. The predicted octanol–water partition coefficient (Wildman–Crippen LogP) is 1.63. The van der Waals surface area contributed by atoms with Crippen LogP contribution in [0.2, 0.25) is 0 Å². The Morgan fingerprint density at radius 1 is 1.43 bits per heavy atom. The van der Waals surface area contributed by atoms with Gasteiger partial charge in [0.2, 0.25) is 0 Å². The molecule has 0 aromatic heterocycles. The lowest BCUT2D eigenvalue weighted by Crippen LogP contribution is -1.98. The highest BCUT2D eigenvalue weighted by Crippen LogP contribution is 2.09. The van der Waals surface area contributed by atoms with Gasteiger partial charge in [0.1, 0.15) is 0 Å². The molecule has 1 aromatic carbocycles. The second-order valence-electron chi connectivity index (χ2n) is 2.90. The van der Waals surface area contributed by atoms with E-state index in [0.717, 1.165) is 11.1 Å². The predicted molar refractivity (Wildman–Crippen MR) is 55.6 cm³/mol. The molecule has 0 unspecified atom stereocenters. The molecular weight excluding hydrogens is 178 g/mol. The van der Waals surface area contributed by atoms with Crippen LogP contribution in [0, 0.1) is 0 Å². The fraction of sp³-hybridized carbons (Fsp3) is 0.182. The summed E-state index contributed by atoms with van der Waals surface area (Å²) >= 11 is 0. The Morgan fingerprint density at radius 2 is 2.14 bits per heavy atom. The van der Waals surface area contributed by atoms with E-state index in [9.17, 15) is 4.79 Å². The number of hydrogen-bond donors (Lipinski definition) is 2. The van der Waals surface area contributed by atoms with Gasteiger partial charge in [0.15, 0.2) is 0 Å². The first-order chi connectivity index (χ1) is 6.74. The van der Waals surface area contributed by atoms with E-state index in [1.54, 1.807) is 12.2 Å². The summed E-state index contributed by atoms with van der Waals surface area (Å²) in [7, 11) is 0. The zero-order valence-corrected chi connectivity index (χ0v) is 7.81. The standard InChI is InChI=1S/C11H13NO2/c12-8-10-5-2-1-4-9(10)6-3-7-11(13)14/h1-6H,7-8,12H2,(H,13,14). The SMILES string of the molecule is NCc1ccccc1C=CCC(=O)O. The van der Waals surface area contributed by atoms with Crippen molar-refractivity contribution in [2.75, 3.05) is 0 Å². The first-order valence-corrected chi connectivity index (χ1v) is 4.40. The molecule has 1 aromatic rings. The molecule has 3 N–H and O–H groups in total. The summed E-state index contributed by atoms with van der Waals surface area (Å²) < 4.78 is 0. The Morgan fingerprint density at radius 3 is 2.79 bits per heavy atom. The van der Waals surface area contributed by atoms with Gasteiger partial charge in [-0.15, -0.1) is 0 Å². The molecule has 0 saturated heterocycles. The molecule has 3 nitrogen and oxygen atoms in total. The maximum atomic E-state index is 10.3. The van der Waals surface area contributed by atoms with E-state index in [1.165, 1.54) is 0 Å². The molecule has 0 heterocycles. The van der Waals surface area contributed by atoms with Crippen molar-refractivity contribution < 1.29 is 9.90 Å². The van der Waals surface area contributed by atoms with Gasteiger partial charge in [0.25, 0.3) is 0 Å². The molecule has 0 spiro atoms. The number of carboxylic acids is 1. The fourth-order valence-corrected chi connectivity index (χ4v) is 1.17. The van der Waals surface area contributed by atoms with E-state index < -0.39 is 5.97 Å². The van der Waals surface area contributed by atoms with Gasteiger partial charge in [-0.3, -0.25) is 4.79 Å². The van der Waals surface area contributed by atoms with E-state index in [-0.39, 0.29) is 6.42 Å². The van der Waals surface area contributed by atoms with Crippen molar-refractivity contribution in [3.8, 4) is 0 Å². The summed E-state index contributed by atoms with van der Waals surface area (Å²) in [5.74, 6) is -0.827. The molecule has 0 amide bonds. The highest BCUT2D eigenvalue weighted by atomic mass is 16.4. The number of carbonyl (C=O) groups is 1. The summed E-state index contributed by atoms with van der Waals surface area (Å²) in [5.41, 5.74) is 7.54. The summed E-state index contributed by atoms with van der Waals surface area (Å²) in [6, 6.07) is 7.66. The largest absolute Gasteiger partial charge is 0.481 e. The molecule has 0 saturated carbocycles. The van der Waals surface area contributed by atoms with Gasteiger partial charge in [0, 0.05) is 6.54 Å². The van der Waals surface area contributed by atoms with Crippen LogP contribution in [-0.4, -0.2) is 11.1 Å². The summed E-state index contributed by atoms with van der Waals surface area (Å²) in [5, 5.41) is 8.44. The maximum absolute atomic E-state index is 10.3. The smallest absolute Gasteiger partial charge is 0.307 e. The highest BCUT2D eigenvalue weighted by Gasteiger charge is 1.95. The Hall–Kier alpha value is -1.61. The first kappa shape index (κ1) is 10.5. The lowest BCUT2D eigenvalue weighted by Gasteiger charge is -2.01. The minimum Gasteiger partial charge on any atom is -0.481 e. The number of aliphatic carboxylic acids is 1. The third-order valence-corrected chi connectivity index (χ3v) is 1.86. The van der Waals surface area contributed by atoms with Gasteiger partial charge in [-0.2, -0.15) is 0 Å². The molecule has 14 heavy (non-hydrogen) atoms. The molecule has 0 fully saturated rings. The fourth-order valence-electron chi connectivity index (χ4n) is 1.17. The number of rotatable bonds is 4. The molecule has 1 rings (SSSR count).